The second-order valence-electron chi connectivity index (χ2n) is 24.4. The number of β-amino-alcohol motifs (C(OH)–C–C–N with tert-alkyl or cyclic N) is 1. The quantitative estimate of drug-likeness (QED) is 0.0243. The van der Waals surface area contributed by atoms with Crippen molar-refractivity contribution in [1.29, 1.82) is 0 Å². The molecule has 0 aliphatic carbocycles. The number of benzene rings is 4. The predicted molar refractivity (Wildman–Crippen MR) is 312 cm³/mol. The van der Waals surface area contributed by atoms with E-state index in [4.69, 9.17) is 40.3 Å². The number of carbonyl (C=O) groups is 3. The third-order valence-corrected chi connectivity index (χ3v) is 17.2. The number of aliphatic hydroxyl groups excluding tert-OH is 1. The van der Waals surface area contributed by atoms with Gasteiger partial charge >= 0.3 is 12.0 Å². The number of nitrogens with zero attached hydrogens (tertiary/aromatic N) is 6. The second-order valence-corrected chi connectivity index (χ2v) is 24.4. The summed E-state index contributed by atoms with van der Waals surface area (Å²) in [6.45, 7) is 10.2. The summed E-state index contributed by atoms with van der Waals surface area (Å²) in [5.41, 5.74) is -0.653. The van der Waals surface area contributed by atoms with Gasteiger partial charge in [-0.15, -0.1) is 6.42 Å². The molecule has 3 N–H and O–H groups in total. The van der Waals surface area contributed by atoms with Gasteiger partial charge in [-0.1, -0.05) is 57.0 Å². The maximum Gasteiger partial charge on any atom is 0.319 e. The summed E-state index contributed by atoms with van der Waals surface area (Å²) in [6.07, 6.45) is 11.9. The maximum atomic E-state index is 17.6. The standard InChI is InChI=1S/C65H71F5N8O8/c1-6-45-48(66)22-19-39-28-44(85-53-14-8-10-27-83-53)30-46(54(39)45)58-57(70)59-47(31-71-58)61(77-32-40-20-21-41(33-77)73-40)75-64(74-59)84-35-42-12-11-26-76(42)25-9-7-13-52(80)86-60(65(3,4)5)63(82)78-34-43(79)29-51(78)62(81)72-36(2)37-15-17-38(18-16-37)55-49(67)23-24-50(68)56(55)69/h1,15-19,22-24,28,30-31,36,40-43,51,53,60,73,79H,7-14,20-21,25-27,29,32-35H2,2-5H3,(H,72,81)/t36-,40?,41?,42-,43+,51-,53?,60+/m0/s1. The third kappa shape index (κ3) is 12.8. The smallest absolute Gasteiger partial charge is 0.319 e. The molecule has 7 heterocycles. The Labute approximate surface area is 496 Å². The number of terminal acetylenes is 1. The first-order chi connectivity index (χ1) is 41.3. The molecule has 454 valence electrons. The molecule has 5 aliphatic rings. The molecule has 11 rings (SSSR count). The Bertz CT molecular complexity index is 3560. The van der Waals surface area contributed by atoms with E-state index in [1.54, 1.807) is 64.2 Å². The van der Waals surface area contributed by atoms with Crippen LogP contribution in [0.3, 0.4) is 0 Å². The fourth-order valence-electron chi connectivity index (χ4n) is 12.8. The van der Waals surface area contributed by atoms with Gasteiger partial charge in [0, 0.05) is 79.6 Å². The van der Waals surface area contributed by atoms with Crippen LogP contribution in [0.1, 0.15) is 115 Å². The van der Waals surface area contributed by atoms with Crippen molar-refractivity contribution in [2.75, 3.05) is 50.8 Å². The average molecular weight is 1190 g/mol. The normalized spacial score (nSPS) is 22.2. The van der Waals surface area contributed by atoms with E-state index in [1.807, 2.05) is 0 Å². The van der Waals surface area contributed by atoms with Gasteiger partial charge in [0.2, 0.25) is 5.91 Å². The number of halogens is 5. The average Bonchev–Trinajstić information content (AvgIpc) is 0.982. The number of likely N-dealkylation sites (tertiary alicyclic amines) is 2. The van der Waals surface area contributed by atoms with E-state index in [1.165, 1.54) is 23.1 Å². The molecule has 6 aromatic rings. The molecule has 0 saturated carbocycles. The number of hydrogen-bond acceptors (Lipinski definition) is 14. The minimum atomic E-state index is -1.32. The maximum absolute atomic E-state index is 17.6. The summed E-state index contributed by atoms with van der Waals surface area (Å²) < 4.78 is 101. The molecule has 21 heteroatoms. The van der Waals surface area contributed by atoms with Crippen molar-refractivity contribution in [3.05, 3.63) is 107 Å². The first-order valence-electron chi connectivity index (χ1n) is 29.8. The molecule has 8 atom stereocenters. The highest BCUT2D eigenvalue weighted by atomic mass is 19.2. The Morgan fingerprint density at radius 3 is 2.38 bits per heavy atom. The van der Waals surface area contributed by atoms with E-state index < -0.39 is 88.4 Å². The van der Waals surface area contributed by atoms with E-state index in [0.29, 0.717) is 84.9 Å². The molecule has 5 fully saturated rings. The van der Waals surface area contributed by atoms with Crippen molar-refractivity contribution in [3.63, 3.8) is 0 Å². The number of pyridine rings is 1. The molecule has 16 nitrogen and oxygen atoms in total. The monoisotopic (exact) mass is 1190 g/mol. The molecule has 4 aromatic carbocycles. The van der Waals surface area contributed by atoms with Gasteiger partial charge in [0.25, 0.3) is 5.91 Å². The van der Waals surface area contributed by atoms with Crippen LogP contribution in [0.5, 0.6) is 11.8 Å². The summed E-state index contributed by atoms with van der Waals surface area (Å²) >= 11 is 0. The number of carbonyl (C=O) groups excluding carboxylic acids is 3. The number of unbranched alkanes of at least 4 members (excludes halogenated alkanes) is 1. The summed E-state index contributed by atoms with van der Waals surface area (Å²) in [5.74, 6) is -3.23. The van der Waals surface area contributed by atoms with Crippen LogP contribution in [0.4, 0.5) is 27.8 Å². The summed E-state index contributed by atoms with van der Waals surface area (Å²) in [6, 6.07) is 12.4. The molecular formula is C65H71F5N8O8. The molecule has 2 bridgehead atoms. The zero-order valence-electron chi connectivity index (χ0n) is 48.7. The molecule has 0 radical (unpaired) electrons. The third-order valence-electron chi connectivity index (χ3n) is 17.2. The lowest BCUT2D eigenvalue weighted by Crippen LogP contribution is -2.53. The van der Waals surface area contributed by atoms with Crippen molar-refractivity contribution in [2.45, 2.75) is 147 Å². The van der Waals surface area contributed by atoms with E-state index in [-0.39, 0.29) is 78.0 Å². The lowest BCUT2D eigenvalue weighted by Gasteiger charge is -2.34. The number of esters is 1. The van der Waals surface area contributed by atoms with Crippen LogP contribution in [0.25, 0.3) is 44.1 Å². The predicted octanol–water partition coefficient (Wildman–Crippen LogP) is 9.85. The summed E-state index contributed by atoms with van der Waals surface area (Å²) in [5, 5.41) is 18.5. The largest absolute Gasteiger partial charge is 0.465 e. The van der Waals surface area contributed by atoms with Crippen LogP contribution in [-0.2, 0) is 23.9 Å². The molecule has 0 spiro atoms. The Hall–Kier alpha value is -7.51. The van der Waals surface area contributed by atoms with Gasteiger partial charge in [-0.2, -0.15) is 9.97 Å². The molecule has 5 saturated heterocycles. The SMILES string of the molecule is C#Cc1c(F)ccc2cc(OC3CCCCO3)cc(-c3ncc4c(N5CC6CCC(C5)N6)nc(OC[C@@H]5CCCN5CCCCC(=O)O[C@H](C(=O)N5C[C@H](O)C[C@H]5C(=O)N[C@@H](C)c5ccc(-c6c(F)ccc(F)c6F)cc5)C(C)(C)C)nc4c3F)c12. The number of amides is 2. The number of hydrogen-bond donors (Lipinski definition) is 3. The molecule has 2 aromatic heterocycles. The minimum absolute atomic E-state index is 0.00603. The summed E-state index contributed by atoms with van der Waals surface area (Å²) in [7, 11) is 0. The van der Waals surface area contributed by atoms with E-state index in [0.717, 1.165) is 51.1 Å². The number of nitrogens with one attached hydrogen (secondary N) is 2. The highest BCUT2D eigenvalue weighted by molar-refractivity contribution is 6.03. The lowest BCUT2D eigenvalue weighted by molar-refractivity contribution is -0.168. The lowest BCUT2D eigenvalue weighted by atomic mass is 9.87. The molecule has 2 amide bonds. The Kier molecular flexibility index (Phi) is 17.8. The first kappa shape index (κ1) is 60.2. The number of ether oxygens (including phenoxy) is 4. The fourth-order valence-corrected chi connectivity index (χ4v) is 12.8. The second kappa shape index (κ2) is 25.4. The van der Waals surface area contributed by atoms with Crippen LogP contribution in [0.15, 0.2) is 66.9 Å². The number of fused-ring (bicyclic) bond motifs is 4. The van der Waals surface area contributed by atoms with E-state index in [9.17, 15) is 32.7 Å². The molecule has 5 aliphatic heterocycles. The van der Waals surface area contributed by atoms with E-state index in [2.05, 4.69) is 26.4 Å². The zero-order chi connectivity index (χ0) is 60.6. The number of piperazine rings is 1. The van der Waals surface area contributed by atoms with Gasteiger partial charge in [-0.05, 0) is 118 Å². The van der Waals surface area contributed by atoms with Crippen molar-refractivity contribution in [1.82, 2.24) is 35.4 Å². The van der Waals surface area contributed by atoms with Crippen LogP contribution in [0.2, 0.25) is 0 Å². The van der Waals surface area contributed by atoms with Gasteiger partial charge in [-0.25, -0.2) is 22.0 Å². The Balaban J connectivity index is 0.738. The number of anilines is 1. The highest BCUT2D eigenvalue weighted by Gasteiger charge is 2.46. The van der Waals surface area contributed by atoms with Crippen LogP contribution < -0.4 is 25.0 Å². The first-order valence-corrected chi connectivity index (χ1v) is 29.8. The summed E-state index contributed by atoms with van der Waals surface area (Å²) in [4.78, 5) is 61.7. The molecule has 3 unspecified atom stereocenters. The van der Waals surface area contributed by atoms with Crippen molar-refractivity contribution < 1.29 is 60.4 Å². The van der Waals surface area contributed by atoms with Gasteiger partial charge in [0.1, 0.15) is 47.1 Å². The Morgan fingerprint density at radius 1 is 0.895 bits per heavy atom. The van der Waals surface area contributed by atoms with Gasteiger partial charge in [-0.3, -0.25) is 24.3 Å². The zero-order valence-corrected chi connectivity index (χ0v) is 48.7. The van der Waals surface area contributed by atoms with Crippen LogP contribution in [0, 0.1) is 46.8 Å². The van der Waals surface area contributed by atoms with Crippen molar-refractivity contribution in [3.8, 4) is 46.5 Å². The highest BCUT2D eigenvalue weighted by Crippen LogP contribution is 2.41. The van der Waals surface area contributed by atoms with Gasteiger partial charge in [0.05, 0.1) is 35.3 Å². The minimum Gasteiger partial charge on any atom is -0.465 e. The van der Waals surface area contributed by atoms with Gasteiger partial charge < -0.3 is 44.5 Å². The van der Waals surface area contributed by atoms with Crippen molar-refractivity contribution in [2.24, 2.45) is 5.41 Å². The number of aliphatic hydroxyl groups is 1. The number of aromatic nitrogens is 3. The topological polar surface area (TPSA) is 181 Å². The van der Waals surface area contributed by atoms with Gasteiger partial charge in [0.15, 0.2) is 29.8 Å². The molecular weight excluding hydrogens is 1120 g/mol. The number of rotatable bonds is 18. The molecule has 86 heavy (non-hydrogen) atoms. The Morgan fingerprint density at radius 2 is 1.65 bits per heavy atom. The fraction of sp³-hybridized carbons (Fsp3) is 0.477. The van der Waals surface area contributed by atoms with Crippen LogP contribution in [-0.4, -0.2) is 136 Å². The van der Waals surface area contributed by atoms with Crippen molar-refractivity contribution >= 4 is 45.3 Å². The van der Waals surface area contributed by atoms with E-state index >= 15 is 8.78 Å². The van der Waals surface area contributed by atoms with Crippen LogP contribution >= 0.6 is 0 Å².